The summed E-state index contributed by atoms with van der Waals surface area (Å²) in [5.74, 6) is 0.435. The van der Waals surface area contributed by atoms with E-state index in [0.29, 0.717) is 40.4 Å². The number of aromatic nitrogens is 2. The van der Waals surface area contributed by atoms with E-state index in [9.17, 15) is 13.2 Å². The van der Waals surface area contributed by atoms with Crippen molar-refractivity contribution >= 4 is 42.7 Å². The number of nitrogens with one attached hydrogen (secondary N) is 3. The third-order valence-corrected chi connectivity index (χ3v) is 9.14. The summed E-state index contributed by atoms with van der Waals surface area (Å²) in [6.45, 7) is 1.27. The van der Waals surface area contributed by atoms with Crippen LogP contribution in [0.4, 0.5) is 5.13 Å². The highest BCUT2D eigenvalue weighted by atomic mass is 32.2. The van der Waals surface area contributed by atoms with E-state index in [1.807, 2.05) is 6.07 Å². The van der Waals surface area contributed by atoms with Crippen LogP contribution in [-0.4, -0.2) is 50.5 Å². The molecule has 0 radical (unpaired) electrons. The fourth-order valence-corrected chi connectivity index (χ4v) is 6.74. The maximum Gasteiger partial charge on any atom is 0.240 e. The van der Waals surface area contributed by atoms with Gasteiger partial charge < -0.3 is 15.4 Å². The molecule has 5 rings (SSSR count). The molecule has 1 amide bonds. The first kappa shape index (κ1) is 24.1. The predicted octanol–water partition coefficient (Wildman–Crippen LogP) is 3.25. The van der Waals surface area contributed by atoms with Gasteiger partial charge in [-0.15, -0.1) is 0 Å². The van der Waals surface area contributed by atoms with Gasteiger partial charge in [-0.1, -0.05) is 49.2 Å². The number of thiazole rings is 1. The van der Waals surface area contributed by atoms with Crippen LogP contribution in [0.3, 0.4) is 0 Å². The van der Waals surface area contributed by atoms with Crippen LogP contribution >= 0.6 is 11.3 Å². The van der Waals surface area contributed by atoms with Gasteiger partial charge in [-0.3, -0.25) is 4.79 Å². The molecule has 1 unspecified atom stereocenters. The summed E-state index contributed by atoms with van der Waals surface area (Å²) in [6, 6.07) is 10.2. The Balaban J connectivity index is 1.36. The SMILES string of the molecule is COc1ccc2nc(NC(=O)C(CC3CCCC3)c3ccc(S(=O)(=O)NC4CNC4)cc3)sc2n1. The van der Waals surface area contributed by atoms with Crippen LogP contribution in [-0.2, 0) is 14.8 Å². The van der Waals surface area contributed by atoms with Crippen LogP contribution in [0.2, 0.25) is 0 Å². The number of methoxy groups -OCH3 is 1. The zero-order valence-electron chi connectivity index (χ0n) is 19.5. The summed E-state index contributed by atoms with van der Waals surface area (Å²) in [6.07, 6.45) is 5.31. The molecule has 3 heterocycles. The highest BCUT2D eigenvalue weighted by Crippen LogP contribution is 2.36. The number of carbonyl (C=O) groups is 1. The first-order valence-corrected chi connectivity index (χ1v) is 14.2. The molecule has 11 heteroatoms. The molecule has 35 heavy (non-hydrogen) atoms. The minimum Gasteiger partial charge on any atom is -0.481 e. The number of nitrogens with zero attached hydrogens (tertiary/aromatic N) is 2. The Hall–Kier alpha value is -2.60. The molecule has 186 valence electrons. The van der Waals surface area contributed by atoms with Crippen LogP contribution in [0.25, 0.3) is 10.3 Å². The molecule has 1 saturated heterocycles. The number of amides is 1. The van der Waals surface area contributed by atoms with Gasteiger partial charge in [0.15, 0.2) is 5.13 Å². The third-order valence-electron chi connectivity index (χ3n) is 6.73. The summed E-state index contributed by atoms with van der Waals surface area (Å²) < 4.78 is 33.2. The summed E-state index contributed by atoms with van der Waals surface area (Å²) >= 11 is 1.30. The van der Waals surface area contributed by atoms with E-state index in [4.69, 9.17) is 4.74 Å². The van der Waals surface area contributed by atoms with Crippen molar-refractivity contribution < 1.29 is 17.9 Å². The summed E-state index contributed by atoms with van der Waals surface area (Å²) in [5, 5.41) is 6.52. The average molecular weight is 516 g/mol. The van der Waals surface area contributed by atoms with E-state index < -0.39 is 15.9 Å². The van der Waals surface area contributed by atoms with Crippen LogP contribution in [0.1, 0.15) is 43.6 Å². The maximum atomic E-state index is 13.4. The zero-order valence-corrected chi connectivity index (χ0v) is 21.1. The van der Waals surface area contributed by atoms with E-state index in [2.05, 4.69) is 25.3 Å². The first-order chi connectivity index (χ1) is 16.9. The Labute approximate surface area is 208 Å². The molecule has 3 N–H and O–H groups in total. The molecule has 2 aromatic heterocycles. The monoisotopic (exact) mass is 515 g/mol. The highest BCUT2D eigenvalue weighted by Gasteiger charge is 2.29. The van der Waals surface area contributed by atoms with E-state index in [1.165, 1.54) is 24.2 Å². The molecule has 1 atom stereocenters. The largest absolute Gasteiger partial charge is 0.481 e. The zero-order chi connectivity index (χ0) is 24.4. The smallest absolute Gasteiger partial charge is 0.240 e. The molecule has 2 fully saturated rings. The normalized spacial score (nSPS) is 17.9. The molecule has 1 aliphatic carbocycles. The second-order valence-electron chi connectivity index (χ2n) is 9.17. The van der Waals surface area contributed by atoms with Gasteiger partial charge in [0.1, 0.15) is 10.3 Å². The predicted molar refractivity (Wildman–Crippen MR) is 135 cm³/mol. The standard InChI is InChI=1S/C24H29N5O4S2/c1-33-21-11-10-20-23(27-21)34-24(26-20)28-22(30)19(12-15-4-2-3-5-15)16-6-8-18(9-7-16)35(31,32)29-17-13-25-14-17/h6-11,15,17,19,25,29H,2-5,12-14H2,1H3,(H,26,28,30). The Morgan fingerprint density at radius 1 is 1.14 bits per heavy atom. The molecular formula is C24H29N5O4S2. The van der Waals surface area contributed by atoms with Gasteiger partial charge in [0.05, 0.1) is 17.9 Å². The van der Waals surface area contributed by atoms with Gasteiger partial charge in [0.2, 0.25) is 21.8 Å². The van der Waals surface area contributed by atoms with Crippen LogP contribution < -0.4 is 20.1 Å². The van der Waals surface area contributed by atoms with Gasteiger partial charge in [0, 0.05) is 25.2 Å². The van der Waals surface area contributed by atoms with Crippen LogP contribution in [0.5, 0.6) is 5.88 Å². The van der Waals surface area contributed by atoms with E-state index in [1.54, 1.807) is 37.4 Å². The summed E-state index contributed by atoms with van der Waals surface area (Å²) in [7, 11) is -2.03. The van der Waals surface area contributed by atoms with Crippen molar-refractivity contribution in [3.05, 3.63) is 42.0 Å². The van der Waals surface area contributed by atoms with Crippen molar-refractivity contribution in [1.29, 1.82) is 0 Å². The van der Waals surface area contributed by atoms with E-state index >= 15 is 0 Å². The van der Waals surface area contributed by atoms with Gasteiger partial charge >= 0.3 is 0 Å². The fourth-order valence-electron chi connectivity index (χ4n) is 4.67. The molecular weight excluding hydrogens is 486 g/mol. The third kappa shape index (κ3) is 5.48. The fraction of sp³-hybridized carbons (Fsp3) is 0.458. The number of fused-ring (bicyclic) bond motifs is 1. The van der Waals surface area contributed by atoms with Crippen LogP contribution in [0.15, 0.2) is 41.3 Å². The number of benzene rings is 1. The van der Waals surface area contributed by atoms with E-state index in [0.717, 1.165) is 24.8 Å². The second kappa shape index (κ2) is 10.2. The number of ether oxygens (including phenoxy) is 1. The van der Waals surface area contributed by atoms with Gasteiger partial charge in [-0.05, 0) is 36.1 Å². The summed E-state index contributed by atoms with van der Waals surface area (Å²) in [4.78, 5) is 23.2. The summed E-state index contributed by atoms with van der Waals surface area (Å²) in [5.41, 5.74) is 1.50. The minimum absolute atomic E-state index is 0.0798. The number of hydrogen-bond acceptors (Lipinski definition) is 8. The number of rotatable bonds is 9. The Morgan fingerprint density at radius 2 is 1.89 bits per heavy atom. The Kier molecular flexibility index (Phi) is 7.01. The van der Waals surface area contributed by atoms with Crippen molar-refractivity contribution in [3.8, 4) is 5.88 Å². The lowest BCUT2D eigenvalue weighted by atomic mass is 9.87. The van der Waals surface area contributed by atoms with Crippen molar-refractivity contribution in [2.45, 2.75) is 49.0 Å². The Bertz CT molecular complexity index is 1300. The minimum atomic E-state index is -3.59. The molecule has 9 nitrogen and oxygen atoms in total. The topological polar surface area (TPSA) is 122 Å². The number of carbonyl (C=O) groups excluding carboxylic acids is 1. The molecule has 3 aromatic rings. The molecule has 0 spiro atoms. The number of pyridine rings is 1. The quantitative estimate of drug-likeness (QED) is 0.400. The molecule has 1 aliphatic heterocycles. The lowest BCUT2D eigenvalue weighted by molar-refractivity contribution is -0.118. The van der Waals surface area contributed by atoms with Crippen molar-refractivity contribution in [2.75, 3.05) is 25.5 Å². The van der Waals surface area contributed by atoms with Crippen molar-refractivity contribution in [1.82, 2.24) is 20.0 Å². The van der Waals surface area contributed by atoms with E-state index in [-0.39, 0.29) is 16.8 Å². The average Bonchev–Trinajstić information content (AvgIpc) is 3.48. The number of anilines is 1. The van der Waals surface area contributed by atoms with Crippen molar-refractivity contribution in [2.24, 2.45) is 5.92 Å². The van der Waals surface area contributed by atoms with Crippen LogP contribution in [0, 0.1) is 5.92 Å². The lowest BCUT2D eigenvalue weighted by Gasteiger charge is -2.27. The number of hydrogen-bond donors (Lipinski definition) is 3. The molecule has 2 aliphatic rings. The molecule has 1 saturated carbocycles. The second-order valence-corrected chi connectivity index (χ2v) is 11.9. The molecule has 0 bridgehead atoms. The highest BCUT2D eigenvalue weighted by molar-refractivity contribution is 7.89. The maximum absolute atomic E-state index is 13.4. The lowest BCUT2D eigenvalue weighted by Crippen LogP contribution is -2.56. The van der Waals surface area contributed by atoms with Gasteiger partial charge in [-0.25, -0.2) is 23.1 Å². The van der Waals surface area contributed by atoms with Crippen molar-refractivity contribution in [3.63, 3.8) is 0 Å². The van der Waals surface area contributed by atoms with Gasteiger partial charge in [0.25, 0.3) is 0 Å². The first-order valence-electron chi connectivity index (χ1n) is 11.9. The molecule has 1 aromatic carbocycles. The number of sulfonamides is 1. The Morgan fingerprint density at radius 3 is 2.54 bits per heavy atom. The van der Waals surface area contributed by atoms with Gasteiger partial charge in [-0.2, -0.15) is 0 Å².